The maximum atomic E-state index is 11.5. The van der Waals surface area contributed by atoms with E-state index < -0.39 is 5.97 Å². The molecule has 1 aromatic heterocycles. The second kappa shape index (κ2) is 6.22. The minimum atomic E-state index is -0.478. The van der Waals surface area contributed by atoms with Crippen molar-refractivity contribution in [2.24, 2.45) is 0 Å². The summed E-state index contributed by atoms with van der Waals surface area (Å²) >= 11 is 1.07. The van der Waals surface area contributed by atoms with E-state index in [1.807, 2.05) is 18.2 Å². The van der Waals surface area contributed by atoms with Gasteiger partial charge in [-0.1, -0.05) is 38.0 Å². The Morgan fingerprint density at radius 3 is 2.71 bits per heavy atom. The standard InChI is InChI=1S/C15H18N2O3S/c1-5-19-13(18)12-16-17-14(21-12)20-11-8-6-7-10(9-11)15(2,3)4/h6-9H,5H2,1-4H3. The summed E-state index contributed by atoms with van der Waals surface area (Å²) in [4.78, 5) is 11.5. The van der Waals surface area contributed by atoms with Crippen LogP contribution in [-0.2, 0) is 10.2 Å². The molecule has 0 saturated carbocycles. The summed E-state index contributed by atoms with van der Waals surface area (Å²) in [5.74, 6) is 0.197. The minimum absolute atomic E-state index is 0.0383. The predicted molar refractivity (Wildman–Crippen MR) is 81.1 cm³/mol. The minimum Gasteiger partial charge on any atom is -0.461 e. The molecule has 1 heterocycles. The highest BCUT2D eigenvalue weighted by molar-refractivity contribution is 7.14. The summed E-state index contributed by atoms with van der Waals surface area (Å²) in [6.45, 7) is 8.46. The van der Waals surface area contributed by atoms with Crippen molar-refractivity contribution < 1.29 is 14.3 Å². The third-order valence-electron chi connectivity index (χ3n) is 2.76. The average Bonchev–Trinajstić information content (AvgIpc) is 2.87. The van der Waals surface area contributed by atoms with Gasteiger partial charge in [0.2, 0.25) is 5.01 Å². The molecular weight excluding hydrogens is 288 g/mol. The molecule has 21 heavy (non-hydrogen) atoms. The maximum absolute atomic E-state index is 11.5. The number of esters is 1. The summed E-state index contributed by atoms with van der Waals surface area (Å²) in [7, 11) is 0. The van der Waals surface area contributed by atoms with E-state index in [1.54, 1.807) is 6.92 Å². The zero-order valence-corrected chi connectivity index (χ0v) is 13.4. The third kappa shape index (κ3) is 4.01. The summed E-state index contributed by atoms with van der Waals surface area (Å²) in [6, 6.07) is 7.80. The van der Waals surface area contributed by atoms with E-state index in [-0.39, 0.29) is 10.4 Å². The summed E-state index contributed by atoms with van der Waals surface area (Å²) in [5, 5.41) is 8.14. The van der Waals surface area contributed by atoms with E-state index in [0.29, 0.717) is 17.6 Å². The van der Waals surface area contributed by atoms with Crippen LogP contribution in [0.1, 0.15) is 43.1 Å². The van der Waals surface area contributed by atoms with Gasteiger partial charge >= 0.3 is 5.97 Å². The lowest BCUT2D eigenvalue weighted by Gasteiger charge is -2.19. The number of aromatic nitrogens is 2. The van der Waals surface area contributed by atoms with Crippen LogP contribution in [0.5, 0.6) is 10.9 Å². The highest BCUT2D eigenvalue weighted by Crippen LogP contribution is 2.29. The molecule has 1 aromatic carbocycles. The largest absolute Gasteiger partial charge is 0.461 e. The molecule has 0 bridgehead atoms. The monoisotopic (exact) mass is 306 g/mol. The van der Waals surface area contributed by atoms with E-state index in [1.165, 1.54) is 0 Å². The van der Waals surface area contributed by atoms with E-state index in [0.717, 1.165) is 16.9 Å². The third-order valence-corrected chi connectivity index (χ3v) is 3.54. The molecule has 0 N–H and O–H groups in total. The molecule has 0 fully saturated rings. The van der Waals surface area contributed by atoms with Crippen LogP contribution in [0.15, 0.2) is 24.3 Å². The van der Waals surface area contributed by atoms with Crippen LogP contribution in [0.3, 0.4) is 0 Å². The Kier molecular flexibility index (Phi) is 4.57. The van der Waals surface area contributed by atoms with Gasteiger partial charge in [-0.3, -0.25) is 0 Å². The van der Waals surface area contributed by atoms with Gasteiger partial charge in [-0.15, -0.1) is 5.10 Å². The lowest BCUT2D eigenvalue weighted by Crippen LogP contribution is -2.10. The molecule has 5 nitrogen and oxygen atoms in total. The number of benzene rings is 1. The van der Waals surface area contributed by atoms with Crippen LogP contribution < -0.4 is 4.74 Å². The SMILES string of the molecule is CCOC(=O)c1nnc(Oc2cccc(C(C)(C)C)c2)s1. The molecule has 0 saturated heterocycles. The smallest absolute Gasteiger partial charge is 0.369 e. The molecule has 0 aliphatic carbocycles. The fourth-order valence-corrected chi connectivity index (χ4v) is 2.26. The number of carbonyl (C=O) groups is 1. The Balaban J connectivity index is 2.14. The van der Waals surface area contributed by atoms with Gasteiger partial charge in [0.1, 0.15) is 5.75 Å². The summed E-state index contributed by atoms with van der Waals surface area (Å²) in [5.41, 5.74) is 1.20. The molecule has 0 amide bonds. The molecule has 0 aliphatic heterocycles. The Morgan fingerprint density at radius 1 is 1.29 bits per heavy atom. The van der Waals surface area contributed by atoms with Gasteiger partial charge in [-0.05, 0) is 41.4 Å². The predicted octanol–water partition coefficient (Wildman–Crippen LogP) is 3.80. The first-order chi connectivity index (χ1) is 9.90. The Bertz CT molecular complexity index is 632. The van der Waals surface area contributed by atoms with E-state index >= 15 is 0 Å². The maximum Gasteiger partial charge on any atom is 0.369 e. The fourth-order valence-electron chi connectivity index (χ4n) is 1.65. The van der Waals surface area contributed by atoms with Crippen molar-refractivity contribution in [3.05, 3.63) is 34.8 Å². The van der Waals surface area contributed by atoms with E-state index in [4.69, 9.17) is 9.47 Å². The quantitative estimate of drug-likeness (QED) is 0.804. The molecule has 2 rings (SSSR count). The van der Waals surface area contributed by atoms with Crippen LogP contribution in [0.25, 0.3) is 0 Å². The van der Waals surface area contributed by atoms with Gasteiger partial charge in [0, 0.05) is 0 Å². The number of hydrogen-bond acceptors (Lipinski definition) is 6. The lowest BCUT2D eigenvalue weighted by atomic mass is 9.87. The van der Waals surface area contributed by atoms with Crippen LogP contribution in [0, 0.1) is 0 Å². The first-order valence-electron chi connectivity index (χ1n) is 6.69. The second-order valence-corrected chi connectivity index (χ2v) is 6.41. The van der Waals surface area contributed by atoms with Gasteiger partial charge in [0.25, 0.3) is 5.19 Å². The lowest BCUT2D eigenvalue weighted by molar-refractivity contribution is 0.0525. The van der Waals surface area contributed by atoms with Crippen molar-refractivity contribution in [2.75, 3.05) is 6.61 Å². The zero-order chi connectivity index (χ0) is 15.5. The molecule has 0 unspecified atom stereocenters. The van der Waals surface area contributed by atoms with Gasteiger partial charge < -0.3 is 9.47 Å². The van der Waals surface area contributed by atoms with Crippen molar-refractivity contribution >= 4 is 17.3 Å². The van der Waals surface area contributed by atoms with Gasteiger partial charge in [0.05, 0.1) is 6.61 Å². The number of nitrogens with zero attached hydrogens (tertiary/aromatic N) is 2. The average molecular weight is 306 g/mol. The molecule has 0 radical (unpaired) electrons. The molecule has 0 atom stereocenters. The molecule has 6 heteroatoms. The highest BCUT2D eigenvalue weighted by atomic mass is 32.1. The van der Waals surface area contributed by atoms with Crippen LogP contribution in [-0.4, -0.2) is 22.8 Å². The van der Waals surface area contributed by atoms with Crippen molar-refractivity contribution in [2.45, 2.75) is 33.1 Å². The Labute approximate surface area is 127 Å². The fraction of sp³-hybridized carbons (Fsp3) is 0.400. The summed E-state index contributed by atoms with van der Waals surface area (Å²) < 4.78 is 10.5. The van der Waals surface area contributed by atoms with Gasteiger partial charge in [-0.25, -0.2) is 4.79 Å². The number of hydrogen-bond donors (Lipinski definition) is 0. The van der Waals surface area contributed by atoms with E-state index in [2.05, 4.69) is 37.0 Å². The van der Waals surface area contributed by atoms with Crippen molar-refractivity contribution in [1.82, 2.24) is 10.2 Å². The normalized spacial score (nSPS) is 11.2. The van der Waals surface area contributed by atoms with Gasteiger partial charge in [0.15, 0.2) is 0 Å². The Hall–Kier alpha value is -1.95. The molecular formula is C15H18N2O3S. The molecule has 0 spiro atoms. The molecule has 0 aliphatic rings. The highest BCUT2D eigenvalue weighted by Gasteiger charge is 2.17. The van der Waals surface area contributed by atoms with E-state index in [9.17, 15) is 4.79 Å². The molecule has 112 valence electrons. The second-order valence-electron chi connectivity index (χ2n) is 5.47. The van der Waals surface area contributed by atoms with Crippen molar-refractivity contribution in [1.29, 1.82) is 0 Å². The van der Waals surface area contributed by atoms with Crippen LogP contribution in [0.4, 0.5) is 0 Å². The van der Waals surface area contributed by atoms with Crippen LogP contribution in [0.2, 0.25) is 0 Å². The Morgan fingerprint density at radius 2 is 2.05 bits per heavy atom. The number of rotatable bonds is 4. The number of ether oxygens (including phenoxy) is 2. The molecule has 2 aromatic rings. The first-order valence-corrected chi connectivity index (χ1v) is 7.51. The van der Waals surface area contributed by atoms with Crippen molar-refractivity contribution in [3.63, 3.8) is 0 Å². The first kappa shape index (κ1) is 15.4. The van der Waals surface area contributed by atoms with Crippen LogP contribution >= 0.6 is 11.3 Å². The topological polar surface area (TPSA) is 61.3 Å². The zero-order valence-electron chi connectivity index (χ0n) is 12.5. The van der Waals surface area contributed by atoms with Crippen molar-refractivity contribution in [3.8, 4) is 10.9 Å². The van der Waals surface area contributed by atoms with Gasteiger partial charge in [-0.2, -0.15) is 0 Å². The number of carbonyl (C=O) groups excluding carboxylic acids is 1. The summed E-state index contributed by atoms with van der Waals surface area (Å²) in [6.07, 6.45) is 0.